The molecule has 0 amide bonds. The molecular formula is C10H17FO3. The predicted octanol–water partition coefficient (Wildman–Crippen LogP) is 1.58. The van der Waals surface area contributed by atoms with E-state index in [1.54, 1.807) is 6.92 Å². The number of halogens is 1. The lowest BCUT2D eigenvalue weighted by molar-refractivity contribution is -0.164. The Kier molecular flexibility index (Phi) is 3.86. The van der Waals surface area contributed by atoms with Crippen LogP contribution in [0.5, 0.6) is 0 Å². The second-order valence-corrected chi connectivity index (χ2v) is 3.75. The Morgan fingerprint density at radius 2 is 2.07 bits per heavy atom. The maximum absolute atomic E-state index is 14.0. The van der Waals surface area contributed by atoms with Crippen LogP contribution in [0.25, 0.3) is 0 Å². The summed E-state index contributed by atoms with van der Waals surface area (Å²) in [5.41, 5.74) is -1.76. The van der Waals surface area contributed by atoms with Crippen molar-refractivity contribution in [2.24, 2.45) is 0 Å². The molecule has 0 unspecified atom stereocenters. The maximum Gasteiger partial charge on any atom is 0.338 e. The van der Waals surface area contributed by atoms with Crippen molar-refractivity contribution in [3.63, 3.8) is 0 Å². The molecule has 0 spiro atoms. The molecule has 1 rings (SSSR count). The summed E-state index contributed by atoms with van der Waals surface area (Å²) in [6.07, 6.45) is 1.34. The largest absolute Gasteiger partial charge is 0.464 e. The van der Waals surface area contributed by atoms with Crippen molar-refractivity contribution < 1.29 is 19.0 Å². The van der Waals surface area contributed by atoms with Gasteiger partial charge >= 0.3 is 5.97 Å². The van der Waals surface area contributed by atoms with Crippen molar-refractivity contribution in [1.29, 1.82) is 0 Å². The van der Waals surface area contributed by atoms with E-state index in [4.69, 9.17) is 0 Å². The number of hydrogen-bond donors (Lipinski definition) is 1. The third-order valence-corrected chi connectivity index (χ3v) is 2.68. The normalized spacial score (nSPS) is 22.8. The molecule has 0 radical (unpaired) electrons. The molecule has 0 aliphatic heterocycles. The van der Waals surface area contributed by atoms with E-state index < -0.39 is 17.7 Å². The Bertz CT molecular complexity index is 200. The van der Waals surface area contributed by atoms with Crippen LogP contribution in [-0.2, 0) is 9.53 Å². The molecule has 3 nitrogen and oxygen atoms in total. The number of aliphatic hydroxyl groups is 1. The highest BCUT2D eigenvalue weighted by molar-refractivity contribution is 5.76. The first-order valence-corrected chi connectivity index (χ1v) is 5.14. The Labute approximate surface area is 83.3 Å². The van der Waals surface area contributed by atoms with E-state index in [0.29, 0.717) is 0 Å². The van der Waals surface area contributed by atoms with Gasteiger partial charge in [0, 0.05) is 0 Å². The lowest BCUT2D eigenvalue weighted by Crippen LogP contribution is -2.45. The average Bonchev–Trinajstić information content (AvgIpc) is 2.18. The Hall–Kier alpha value is -0.640. The van der Waals surface area contributed by atoms with Gasteiger partial charge in [0.1, 0.15) is 5.67 Å². The van der Waals surface area contributed by atoms with E-state index in [2.05, 4.69) is 4.74 Å². The first kappa shape index (κ1) is 11.4. The molecule has 0 saturated heterocycles. The van der Waals surface area contributed by atoms with E-state index in [0.717, 1.165) is 19.3 Å². The molecule has 1 fully saturated rings. The number of alkyl halides is 1. The quantitative estimate of drug-likeness (QED) is 0.710. The summed E-state index contributed by atoms with van der Waals surface area (Å²) in [6, 6.07) is 0. The molecule has 82 valence electrons. The molecule has 0 aromatic carbocycles. The average molecular weight is 204 g/mol. The molecule has 4 heteroatoms. The molecule has 1 N–H and O–H groups in total. The van der Waals surface area contributed by atoms with Crippen LogP contribution < -0.4 is 0 Å². The molecule has 0 aromatic rings. The zero-order chi connectivity index (χ0) is 10.6. The van der Waals surface area contributed by atoms with Crippen LogP contribution in [0.3, 0.4) is 0 Å². The summed E-state index contributed by atoms with van der Waals surface area (Å²) in [4.78, 5) is 11.1. The highest BCUT2D eigenvalue weighted by Crippen LogP contribution is 2.35. The van der Waals surface area contributed by atoms with Crippen LogP contribution in [-0.4, -0.2) is 29.5 Å². The summed E-state index contributed by atoms with van der Waals surface area (Å²) in [5.74, 6) is -0.836. The maximum atomic E-state index is 14.0. The minimum Gasteiger partial charge on any atom is -0.464 e. The zero-order valence-corrected chi connectivity index (χ0v) is 8.46. The van der Waals surface area contributed by atoms with Gasteiger partial charge in [0.25, 0.3) is 0 Å². The van der Waals surface area contributed by atoms with Gasteiger partial charge in [0.05, 0.1) is 6.61 Å². The highest BCUT2D eigenvalue weighted by Gasteiger charge is 2.44. The molecule has 1 aliphatic carbocycles. The van der Waals surface area contributed by atoms with Crippen LogP contribution in [0.1, 0.15) is 39.0 Å². The Morgan fingerprint density at radius 3 is 2.57 bits per heavy atom. The molecule has 1 aliphatic rings. The van der Waals surface area contributed by atoms with Gasteiger partial charge in [-0.25, -0.2) is 9.18 Å². The number of carbonyl (C=O) groups is 1. The summed E-state index contributed by atoms with van der Waals surface area (Å²) < 4.78 is 18.6. The van der Waals surface area contributed by atoms with Gasteiger partial charge in [-0.2, -0.15) is 0 Å². The van der Waals surface area contributed by atoms with E-state index in [1.165, 1.54) is 0 Å². The van der Waals surface area contributed by atoms with Crippen molar-refractivity contribution >= 4 is 5.97 Å². The smallest absolute Gasteiger partial charge is 0.338 e. The highest BCUT2D eigenvalue weighted by atomic mass is 19.1. The van der Waals surface area contributed by atoms with Gasteiger partial charge in [0.15, 0.2) is 6.10 Å². The molecule has 0 heterocycles. The molecular weight excluding hydrogens is 187 g/mol. The summed E-state index contributed by atoms with van der Waals surface area (Å²) in [6.45, 7) is 1.81. The third kappa shape index (κ3) is 2.44. The summed E-state index contributed by atoms with van der Waals surface area (Å²) in [5, 5.41) is 9.48. The second-order valence-electron chi connectivity index (χ2n) is 3.75. The molecule has 0 aromatic heterocycles. The first-order valence-electron chi connectivity index (χ1n) is 5.14. The fourth-order valence-electron chi connectivity index (χ4n) is 1.85. The predicted molar refractivity (Wildman–Crippen MR) is 49.6 cm³/mol. The van der Waals surface area contributed by atoms with Crippen LogP contribution in [0.15, 0.2) is 0 Å². The first-order chi connectivity index (χ1) is 6.60. The van der Waals surface area contributed by atoms with Crippen molar-refractivity contribution in [3.8, 4) is 0 Å². The van der Waals surface area contributed by atoms with Gasteiger partial charge in [-0.15, -0.1) is 0 Å². The second kappa shape index (κ2) is 4.73. The SMILES string of the molecule is CCOC(=O)[C@H](O)C1(F)CCCCC1. The number of esters is 1. The van der Waals surface area contributed by atoms with Gasteiger partial charge < -0.3 is 9.84 Å². The number of ether oxygens (including phenoxy) is 1. The molecule has 1 saturated carbocycles. The molecule has 1 atom stereocenters. The van der Waals surface area contributed by atoms with Crippen molar-refractivity contribution in [2.75, 3.05) is 6.61 Å². The van der Waals surface area contributed by atoms with Crippen molar-refractivity contribution in [1.82, 2.24) is 0 Å². The zero-order valence-electron chi connectivity index (χ0n) is 8.46. The van der Waals surface area contributed by atoms with Crippen molar-refractivity contribution in [2.45, 2.75) is 50.8 Å². The topological polar surface area (TPSA) is 46.5 Å². The lowest BCUT2D eigenvalue weighted by atomic mass is 9.82. The summed E-state index contributed by atoms with van der Waals surface area (Å²) >= 11 is 0. The van der Waals surface area contributed by atoms with Gasteiger partial charge in [0.2, 0.25) is 0 Å². The fraction of sp³-hybridized carbons (Fsp3) is 0.900. The van der Waals surface area contributed by atoms with Crippen LogP contribution in [0.2, 0.25) is 0 Å². The van der Waals surface area contributed by atoms with Crippen molar-refractivity contribution in [3.05, 3.63) is 0 Å². The van der Waals surface area contributed by atoms with Gasteiger partial charge in [-0.1, -0.05) is 19.3 Å². The van der Waals surface area contributed by atoms with Crippen LogP contribution in [0.4, 0.5) is 4.39 Å². The van der Waals surface area contributed by atoms with E-state index in [1.807, 2.05) is 0 Å². The molecule has 0 bridgehead atoms. The monoisotopic (exact) mass is 204 g/mol. The Morgan fingerprint density at radius 1 is 1.50 bits per heavy atom. The van der Waals surface area contributed by atoms with Crippen LogP contribution in [0, 0.1) is 0 Å². The number of hydrogen-bond acceptors (Lipinski definition) is 3. The third-order valence-electron chi connectivity index (χ3n) is 2.68. The van der Waals surface area contributed by atoms with Gasteiger partial charge in [-0.3, -0.25) is 0 Å². The minimum absolute atomic E-state index is 0.173. The standard InChI is InChI=1S/C10H17FO3/c1-2-14-9(13)8(12)10(11)6-4-3-5-7-10/h8,12H,2-7H2,1H3/t8-/m0/s1. The Balaban J connectivity index is 2.56. The van der Waals surface area contributed by atoms with Crippen LogP contribution >= 0.6 is 0 Å². The van der Waals surface area contributed by atoms with E-state index >= 15 is 0 Å². The van der Waals surface area contributed by atoms with E-state index in [-0.39, 0.29) is 19.4 Å². The van der Waals surface area contributed by atoms with E-state index in [9.17, 15) is 14.3 Å². The number of aliphatic hydroxyl groups excluding tert-OH is 1. The number of carbonyl (C=O) groups excluding carboxylic acids is 1. The lowest BCUT2D eigenvalue weighted by Gasteiger charge is -2.32. The number of rotatable bonds is 3. The minimum atomic E-state index is -1.76. The van der Waals surface area contributed by atoms with Gasteiger partial charge in [-0.05, 0) is 19.8 Å². The summed E-state index contributed by atoms with van der Waals surface area (Å²) in [7, 11) is 0. The molecule has 14 heavy (non-hydrogen) atoms. The fourth-order valence-corrected chi connectivity index (χ4v) is 1.85.